The Labute approximate surface area is 147 Å². The molecule has 2 aromatic rings. The molecule has 3 N–H and O–H groups in total. The Balaban J connectivity index is 1.87. The lowest BCUT2D eigenvalue weighted by atomic mass is 10.1. The molecular formula is C19H22N2O4. The Bertz CT molecular complexity index is 727. The average molecular weight is 342 g/mol. The molecule has 1 amide bonds. The molecule has 0 aliphatic rings. The van der Waals surface area contributed by atoms with E-state index in [2.05, 4.69) is 5.32 Å². The Hall–Kier alpha value is -2.83. The van der Waals surface area contributed by atoms with Gasteiger partial charge in [0.15, 0.2) is 11.5 Å². The predicted molar refractivity (Wildman–Crippen MR) is 95.5 cm³/mol. The number of amides is 1. The third kappa shape index (κ3) is 5.63. The van der Waals surface area contributed by atoms with Crippen molar-refractivity contribution in [3.8, 4) is 11.5 Å². The molecule has 0 unspecified atom stereocenters. The lowest BCUT2D eigenvalue weighted by molar-refractivity contribution is -0.124. The van der Waals surface area contributed by atoms with Crippen molar-refractivity contribution in [3.05, 3.63) is 65.2 Å². The highest BCUT2D eigenvalue weighted by Crippen LogP contribution is 2.27. The monoisotopic (exact) mass is 342 g/mol. The second-order valence-electron chi connectivity index (χ2n) is 5.34. The molecule has 6 nitrogen and oxygen atoms in total. The summed E-state index contributed by atoms with van der Waals surface area (Å²) in [4.78, 5) is 10.9. The molecule has 2 aromatic carbocycles. The van der Waals surface area contributed by atoms with Gasteiger partial charge < -0.3 is 14.8 Å². The van der Waals surface area contributed by atoms with Crippen LogP contribution in [0.3, 0.4) is 0 Å². The average Bonchev–Trinajstić information content (AvgIpc) is 2.66. The Kier molecular flexibility index (Phi) is 7.00. The Morgan fingerprint density at radius 1 is 1.00 bits per heavy atom. The lowest BCUT2D eigenvalue weighted by Gasteiger charge is -2.10. The van der Waals surface area contributed by atoms with Crippen molar-refractivity contribution >= 4 is 12.0 Å². The van der Waals surface area contributed by atoms with E-state index in [0.717, 1.165) is 23.2 Å². The fourth-order valence-electron chi connectivity index (χ4n) is 2.30. The number of methoxy groups -OCH3 is 2. The van der Waals surface area contributed by atoms with Gasteiger partial charge in [-0.25, -0.2) is 5.48 Å². The molecule has 6 heteroatoms. The van der Waals surface area contributed by atoms with Gasteiger partial charge >= 0.3 is 0 Å². The molecule has 0 bridgehead atoms. The summed E-state index contributed by atoms with van der Waals surface area (Å²) < 4.78 is 10.5. The maximum absolute atomic E-state index is 10.9. The van der Waals surface area contributed by atoms with Gasteiger partial charge in [0.25, 0.3) is 5.91 Å². The minimum Gasteiger partial charge on any atom is -0.493 e. The molecule has 0 saturated heterocycles. The molecular weight excluding hydrogens is 320 g/mol. The number of carbonyl (C=O) groups excluding carboxylic acids is 1. The van der Waals surface area contributed by atoms with E-state index in [1.54, 1.807) is 25.8 Å². The van der Waals surface area contributed by atoms with Crippen molar-refractivity contribution < 1.29 is 19.5 Å². The van der Waals surface area contributed by atoms with Gasteiger partial charge in [0.05, 0.1) is 14.2 Å². The molecule has 0 atom stereocenters. The number of hydrogen-bond acceptors (Lipinski definition) is 5. The van der Waals surface area contributed by atoms with Gasteiger partial charge in [-0.2, -0.15) is 0 Å². The molecule has 25 heavy (non-hydrogen) atoms. The van der Waals surface area contributed by atoms with Gasteiger partial charge in [0.1, 0.15) is 0 Å². The molecule has 2 rings (SSSR count). The first-order valence-corrected chi connectivity index (χ1v) is 7.79. The van der Waals surface area contributed by atoms with E-state index in [-0.39, 0.29) is 0 Å². The van der Waals surface area contributed by atoms with E-state index in [0.29, 0.717) is 18.0 Å². The van der Waals surface area contributed by atoms with Crippen LogP contribution in [0.25, 0.3) is 6.08 Å². The summed E-state index contributed by atoms with van der Waals surface area (Å²) >= 11 is 0. The van der Waals surface area contributed by atoms with Gasteiger partial charge in [-0.15, -0.1) is 0 Å². The number of hydrogen-bond donors (Lipinski definition) is 3. The number of rotatable bonds is 8. The summed E-state index contributed by atoms with van der Waals surface area (Å²) in [6, 6.07) is 13.6. The summed E-state index contributed by atoms with van der Waals surface area (Å²) in [5.74, 6) is 0.871. The van der Waals surface area contributed by atoms with Crippen LogP contribution < -0.4 is 20.3 Å². The summed E-state index contributed by atoms with van der Waals surface area (Å²) in [5, 5.41) is 11.8. The second-order valence-corrected chi connectivity index (χ2v) is 5.34. The lowest BCUT2D eigenvalue weighted by Crippen LogP contribution is -2.14. The highest BCUT2D eigenvalue weighted by atomic mass is 16.5. The molecule has 0 saturated carbocycles. The topological polar surface area (TPSA) is 79.8 Å². The standard InChI is InChI=1S/C19H22N2O4/c1-24-17-9-7-16(11-18(17)25-2)13-20-12-15-5-3-14(4-6-15)8-10-19(22)21-23/h3-11,20,23H,12-13H2,1-2H3,(H,21,22)/b10-8+. The van der Waals surface area contributed by atoms with Gasteiger partial charge in [-0.05, 0) is 34.9 Å². The largest absolute Gasteiger partial charge is 0.493 e. The van der Waals surface area contributed by atoms with Crippen molar-refractivity contribution in [3.63, 3.8) is 0 Å². The molecule has 0 aromatic heterocycles. The van der Waals surface area contributed by atoms with Crippen LogP contribution in [-0.2, 0) is 17.9 Å². The first-order valence-electron chi connectivity index (χ1n) is 7.79. The van der Waals surface area contributed by atoms with Crippen LogP contribution in [-0.4, -0.2) is 25.3 Å². The number of hydroxylamine groups is 1. The fraction of sp³-hybridized carbons (Fsp3) is 0.211. The molecule has 0 aliphatic heterocycles. The van der Waals surface area contributed by atoms with Crippen LogP contribution in [0, 0.1) is 0 Å². The number of nitrogens with one attached hydrogen (secondary N) is 2. The minimum absolute atomic E-state index is 0.555. The van der Waals surface area contributed by atoms with Gasteiger partial charge in [0, 0.05) is 19.2 Å². The molecule has 0 aliphatic carbocycles. The summed E-state index contributed by atoms with van der Waals surface area (Å²) in [6.45, 7) is 1.42. The summed E-state index contributed by atoms with van der Waals surface area (Å²) in [6.07, 6.45) is 2.90. The van der Waals surface area contributed by atoms with Crippen LogP contribution in [0.15, 0.2) is 48.5 Å². The molecule has 132 valence electrons. The molecule has 0 heterocycles. The van der Waals surface area contributed by atoms with Crippen molar-refractivity contribution in [2.45, 2.75) is 13.1 Å². The second kappa shape index (κ2) is 9.46. The number of carbonyl (C=O) groups is 1. The quantitative estimate of drug-likeness (QED) is 0.390. The zero-order valence-corrected chi connectivity index (χ0v) is 14.3. The zero-order chi connectivity index (χ0) is 18.1. The van der Waals surface area contributed by atoms with E-state index < -0.39 is 5.91 Å². The molecule has 0 radical (unpaired) electrons. The van der Waals surface area contributed by atoms with Crippen molar-refractivity contribution in [2.24, 2.45) is 0 Å². The van der Waals surface area contributed by atoms with E-state index >= 15 is 0 Å². The number of benzene rings is 2. The minimum atomic E-state index is -0.555. The Morgan fingerprint density at radius 2 is 1.64 bits per heavy atom. The summed E-state index contributed by atoms with van der Waals surface area (Å²) in [7, 11) is 3.24. The number of ether oxygens (including phenoxy) is 2. The van der Waals surface area contributed by atoms with Crippen LogP contribution >= 0.6 is 0 Å². The van der Waals surface area contributed by atoms with Gasteiger partial charge in [-0.3, -0.25) is 10.0 Å². The van der Waals surface area contributed by atoms with Crippen molar-refractivity contribution in [2.75, 3.05) is 14.2 Å². The molecule has 0 fully saturated rings. The Morgan fingerprint density at radius 3 is 2.28 bits per heavy atom. The van der Waals surface area contributed by atoms with Crippen LogP contribution in [0.1, 0.15) is 16.7 Å². The maximum atomic E-state index is 10.9. The van der Waals surface area contributed by atoms with Crippen LogP contribution in [0.4, 0.5) is 0 Å². The van der Waals surface area contributed by atoms with Gasteiger partial charge in [-0.1, -0.05) is 30.3 Å². The first-order chi connectivity index (χ1) is 12.2. The van der Waals surface area contributed by atoms with Crippen LogP contribution in [0.2, 0.25) is 0 Å². The third-order valence-corrected chi connectivity index (χ3v) is 3.62. The third-order valence-electron chi connectivity index (χ3n) is 3.62. The molecule has 0 spiro atoms. The van der Waals surface area contributed by atoms with E-state index in [1.807, 2.05) is 42.5 Å². The smallest absolute Gasteiger partial charge is 0.267 e. The van der Waals surface area contributed by atoms with E-state index in [1.165, 1.54) is 6.08 Å². The fourth-order valence-corrected chi connectivity index (χ4v) is 2.30. The van der Waals surface area contributed by atoms with Gasteiger partial charge in [0.2, 0.25) is 0 Å². The highest BCUT2D eigenvalue weighted by Gasteiger charge is 2.04. The first kappa shape index (κ1) is 18.5. The normalized spacial score (nSPS) is 10.7. The predicted octanol–water partition coefficient (Wildman–Crippen LogP) is 2.51. The summed E-state index contributed by atoms with van der Waals surface area (Å²) in [5.41, 5.74) is 4.67. The highest BCUT2D eigenvalue weighted by molar-refractivity contribution is 5.90. The van der Waals surface area contributed by atoms with Crippen molar-refractivity contribution in [1.82, 2.24) is 10.8 Å². The van der Waals surface area contributed by atoms with Crippen molar-refractivity contribution in [1.29, 1.82) is 0 Å². The maximum Gasteiger partial charge on any atom is 0.267 e. The van der Waals surface area contributed by atoms with E-state index in [4.69, 9.17) is 14.7 Å². The van der Waals surface area contributed by atoms with Crippen LogP contribution in [0.5, 0.6) is 11.5 Å². The SMILES string of the molecule is COc1ccc(CNCc2ccc(/C=C/C(=O)NO)cc2)cc1OC. The van der Waals surface area contributed by atoms with E-state index in [9.17, 15) is 4.79 Å². The zero-order valence-electron chi connectivity index (χ0n) is 14.3.